The lowest BCUT2D eigenvalue weighted by atomic mass is 9.94. The van der Waals surface area contributed by atoms with Crippen LogP contribution < -0.4 is 5.32 Å². The molecule has 0 bridgehead atoms. The highest BCUT2D eigenvalue weighted by molar-refractivity contribution is 7.12. The first-order chi connectivity index (χ1) is 13.6. The molecule has 3 rings (SSSR count). The second-order valence-electron chi connectivity index (χ2n) is 6.80. The number of nitrogens with one attached hydrogen (secondary N) is 1. The molecule has 148 valence electrons. The number of esters is 1. The van der Waals surface area contributed by atoms with Crippen molar-refractivity contribution in [2.75, 3.05) is 20.2 Å². The summed E-state index contributed by atoms with van der Waals surface area (Å²) in [5.74, 6) is -0.593. The van der Waals surface area contributed by atoms with E-state index in [2.05, 4.69) is 5.32 Å². The van der Waals surface area contributed by atoms with Crippen molar-refractivity contribution in [3.8, 4) is 0 Å². The van der Waals surface area contributed by atoms with Gasteiger partial charge in [0.05, 0.1) is 24.4 Å². The zero-order valence-corrected chi connectivity index (χ0v) is 16.6. The monoisotopic (exact) mass is 400 g/mol. The molecule has 1 aliphatic rings. The number of likely N-dealkylation sites (tertiary alicyclic amines) is 1. The van der Waals surface area contributed by atoms with E-state index in [0.29, 0.717) is 25.9 Å². The maximum absolute atomic E-state index is 12.8. The van der Waals surface area contributed by atoms with E-state index in [1.54, 1.807) is 4.90 Å². The lowest BCUT2D eigenvalue weighted by Gasteiger charge is -2.32. The van der Waals surface area contributed by atoms with Gasteiger partial charge in [-0.15, -0.1) is 11.3 Å². The summed E-state index contributed by atoms with van der Waals surface area (Å²) in [7, 11) is 1.34. The number of thiophene rings is 1. The van der Waals surface area contributed by atoms with E-state index in [9.17, 15) is 14.4 Å². The van der Waals surface area contributed by atoms with Crippen molar-refractivity contribution < 1.29 is 19.1 Å². The van der Waals surface area contributed by atoms with E-state index in [1.165, 1.54) is 18.4 Å². The van der Waals surface area contributed by atoms with Crippen molar-refractivity contribution in [2.24, 2.45) is 5.92 Å². The largest absolute Gasteiger partial charge is 0.469 e. The third-order valence-corrected chi connectivity index (χ3v) is 5.86. The van der Waals surface area contributed by atoms with Gasteiger partial charge in [-0.3, -0.25) is 14.4 Å². The Labute approximate surface area is 168 Å². The molecular formula is C21H24N2O4S. The summed E-state index contributed by atoms with van der Waals surface area (Å²) in [6, 6.07) is 12.7. The van der Waals surface area contributed by atoms with Crippen LogP contribution in [0.25, 0.3) is 0 Å². The van der Waals surface area contributed by atoms with E-state index >= 15 is 0 Å². The predicted octanol–water partition coefficient (Wildman–Crippen LogP) is 3.02. The zero-order valence-electron chi connectivity index (χ0n) is 15.8. The van der Waals surface area contributed by atoms with E-state index in [4.69, 9.17) is 4.74 Å². The average Bonchev–Trinajstić information content (AvgIpc) is 3.28. The number of carbonyl (C=O) groups excluding carboxylic acids is 3. The van der Waals surface area contributed by atoms with Crippen LogP contribution in [0.5, 0.6) is 0 Å². The number of rotatable bonds is 6. The molecule has 6 nitrogen and oxygen atoms in total. The Kier molecular flexibility index (Phi) is 6.81. The van der Waals surface area contributed by atoms with Gasteiger partial charge < -0.3 is 15.0 Å². The van der Waals surface area contributed by atoms with Crippen LogP contribution in [0.3, 0.4) is 0 Å². The normalized spacial score (nSPS) is 15.7. The zero-order chi connectivity index (χ0) is 19.9. The predicted molar refractivity (Wildman–Crippen MR) is 107 cm³/mol. The number of nitrogens with zero attached hydrogens (tertiary/aromatic N) is 1. The van der Waals surface area contributed by atoms with Gasteiger partial charge in [0, 0.05) is 19.0 Å². The Hall–Kier alpha value is -2.67. The summed E-state index contributed by atoms with van der Waals surface area (Å²) in [5.41, 5.74) is 0.867. The van der Waals surface area contributed by atoms with Gasteiger partial charge in [0.2, 0.25) is 5.91 Å². The molecular weight excluding hydrogens is 376 g/mol. The van der Waals surface area contributed by atoms with Gasteiger partial charge in [-0.1, -0.05) is 36.4 Å². The first-order valence-electron chi connectivity index (χ1n) is 9.33. The molecule has 0 aliphatic carbocycles. The second kappa shape index (κ2) is 9.50. The van der Waals surface area contributed by atoms with Gasteiger partial charge in [-0.05, 0) is 29.9 Å². The highest BCUT2D eigenvalue weighted by atomic mass is 32.1. The number of carbonyl (C=O) groups is 3. The molecule has 0 spiro atoms. The lowest BCUT2D eigenvalue weighted by Crippen LogP contribution is -2.43. The molecule has 2 aromatic rings. The molecule has 28 heavy (non-hydrogen) atoms. The molecule has 1 N–H and O–H groups in total. The fraction of sp³-hybridized carbons (Fsp3) is 0.381. The molecule has 1 saturated heterocycles. The Morgan fingerprint density at radius 2 is 1.86 bits per heavy atom. The number of piperidine rings is 1. The minimum Gasteiger partial charge on any atom is -0.469 e. The van der Waals surface area contributed by atoms with Crippen LogP contribution in [0.2, 0.25) is 0 Å². The molecule has 1 aromatic carbocycles. The SMILES string of the molecule is COC(=O)CC(NC(=O)C1CCN(C(=O)c2cccs2)CC1)c1ccccc1. The van der Waals surface area contributed by atoms with Crippen molar-refractivity contribution in [1.82, 2.24) is 10.2 Å². The molecule has 0 saturated carbocycles. The molecule has 1 aromatic heterocycles. The van der Waals surface area contributed by atoms with E-state index < -0.39 is 6.04 Å². The maximum Gasteiger partial charge on any atom is 0.307 e. The van der Waals surface area contributed by atoms with E-state index in [1.807, 2.05) is 47.8 Å². The third kappa shape index (κ3) is 4.98. The summed E-state index contributed by atoms with van der Waals surface area (Å²) >= 11 is 1.43. The fourth-order valence-corrected chi connectivity index (χ4v) is 4.07. The molecule has 1 aliphatic heterocycles. The number of ether oxygens (including phenoxy) is 1. The van der Waals surface area contributed by atoms with Crippen LogP contribution in [-0.4, -0.2) is 42.9 Å². The first-order valence-corrected chi connectivity index (χ1v) is 10.2. The molecule has 1 fully saturated rings. The van der Waals surface area contributed by atoms with Crippen LogP contribution >= 0.6 is 11.3 Å². The van der Waals surface area contributed by atoms with Crippen LogP contribution in [-0.2, 0) is 14.3 Å². The van der Waals surface area contributed by atoms with Crippen molar-refractivity contribution in [1.29, 1.82) is 0 Å². The van der Waals surface area contributed by atoms with Gasteiger partial charge in [0.1, 0.15) is 0 Å². The van der Waals surface area contributed by atoms with Gasteiger partial charge in [-0.2, -0.15) is 0 Å². The van der Waals surface area contributed by atoms with Crippen LogP contribution in [0.1, 0.15) is 40.5 Å². The molecule has 1 atom stereocenters. The summed E-state index contributed by atoms with van der Waals surface area (Å²) in [6.45, 7) is 1.11. The minimum atomic E-state index is -0.424. The van der Waals surface area contributed by atoms with Gasteiger partial charge in [0.15, 0.2) is 0 Å². The smallest absolute Gasteiger partial charge is 0.307 e. The highest BCUT2D eigenvalue weighted by Gasteiger charge is 2.30. The van der Waals surface area contributed by atoms with Crippen molar-refractivity contribution >= 4 is 29.1 Å². The van der Waals surface area contributed by atoms with Gasteiger partial charge in [0.25, 0.3) is 5.91 Å². The molecule has 2 heterocycles. The lowest BCUT2D eigenvalue weighted by molar-refractivity contribution is -0.141. The topological polar surface area (TPSA) is 75.7 Å². The molecule has 2 amide bonds. The van der Waals surface area contributed by atoms with E-state index in [0.717, 1.165) is 10.4 Å². The number of hydrogen-bond acceptors (Lipinski definition) is 5. The van der Waals surface area contributed by atoms with Crippen molar-refractivity contribution in [3.05, 3.63) is 58.3 Å². The van der Waals surface area contributed by atoms with Gasteiger partial charge in [-0.25, -0.2) is 0 Å². The Balaban J connectivity index is 1.58. The summed E-state index contributed by atoms with van der Waals surface area (Å²) in [4.78, 5) is 39.5. The highest BCUT2D eigenvalue weighted by Crippen LogP contribution is 2.23. The minimum absolute atomic E-state index is 0.0294. The quantitative estimate of drug-likeness (QED) is 0.757. The summed E-state index contributed by atoms with van der Waals surface area (Å²) in [6.07, 6.45) is 1.31. The summed E-state index contributed by atoms with van der Waals surface area (Å²) in [5, 5.41) is 4.89. The second-order valence-corrected chi connectivity index (χ2v) is 7.74. The standard InChI is InChI=1S/C21H24N2O4S/c1-27-19(24)14-17(15-6-3-2-4-7-15)22-20(25)16-9-11-23(12-10-16)21(26)18-8-5-13-28-18/h2-8,13,16-17H,9-12,14H2,1H3,(H,22,25). The Morgan fingerprint density at radius 1 is 1.14 bits per heavy atom. The number of benzene rings is 1. The number of hydrogen-bond donors (Lipinski definition) is 1. The van der Waals surface area contributed by atoms with Crippen LogP contribution in [0.15, 0.2) is 47.8 Å². The Bertz CT molecular complexity index is 799. The van der Waals surface area contributed by atoms with Crippen molar-refractivity contribution in [3.63, 3.8) is 0 Å². The van der Waals surface area contributed by atoms with Gasteiger partial charge >= 0.3 is 5.97 Å². The number of amides is 2. The van der Waals surface area contributed by atoms with E-state index in [-0.39, 0.29) is 30.1 Å². The molecule has 0 radical (unpaired) electrons. The van der Waals surface area contributed by atoms with Crippen LogP contribution in [0, 0.1) is 5.92 Å². The Morgan fingerprint density at radius 3 is 2.46 bits per heavy atom. The maximum atomic E-state index is 12.8. The summed E-state index contributed by atoms with van der Waals surface area (Å²) < 4.78 is 4.77. The van der Waals surface area contributed by atoms with Crippen LogP contribution in [0.4, 0.5) is 0 Å². The molecule has 1 unspecified atom stereocenters. The first kappa shape index (κ1) is 20.1. The molecule has 7 heteroatoms. The average molecular weight is 401 g/mol. The fourth-order valence-electron chi connectivity index (χ4n) is 3.38. The van der Waals surface area contributed by atoms with Crippen molar-refractivity contribution in [2.45, 2.75) is 25.3 Å². The third-order valence-electron chi connectivity index (χ3n) is 5.00. The number of methoxy groups -OCH3 is 1.